The Balaban J connectivity index is 0.901. The highest BCUT2D eigenvalue weighted by atomic mass is 16.3. The lowest BCUT2D eigenvalue weighted by Gasteiger charge is -2.34. The standard InChI is InChI=1S/C34H44N2O2/c37-34(29-14-12-27(13-15-29)26-6-2-1-3-7-26)35-30-16-10-25(11-17-30)18-21-36-22-19-28(20-23-36)32-24-38-33-9-5-4-8-31(32)33/h4-5,8-9,12-15,24-26,28,30H,1-3,6-7,10-11,16-23H2,(H,35,37). The first kappa shape index (κ1) is 25.7. The molecular formula is C34H44N2O2. The lowest BCUT2D eigenvalue weighted by atomic mass is 9.83. The number of piperidine rings is 1. The maximum absolute atomic E-state index is 12.9. The third kappa shape index (κ3) is 6.01. The van der Waals surface area contributed by atoms with E-state index in [0.29, 0.717) is 17.9 Å². The molecule has 0 radical (unpaired) electrons. The summed E-state index contributed by atoms with van der Waals surface area (Å²) >= 11 is 0. The minimum atomic E-state index is 0.108. The van der Waals surface area contributed by atoms with Crippen molar-refractivity contribution in [3.63, 3.8) is 0 Å². The molecule has 0 atom stereocenters. The van der Waals surface area contributed by atoms with Gasteiger partial charge in [0.25, 0.3) is 5.91 Å². The molecular weight excluding hydrogens is 468 g/mol. The number of hydrogen-bond acceptors (Lipinski definition) is 3. The van der Waals surface area contributed by atoms with E-state index in [4.69, 9.17) is 4.42 Å². The van der Waals surface area contributed by atoms with Gasteiger partial charge in [0.05, 0.1) is 6.26 Å². The molecule has 2 aliphatic carbocycles. The molecule has 4 heteroatoms. The molecule has 3 fully saturated rings. The fourth-order valence-electron chi connectivity index (χ4n) is 7.35. The van der Waals surface area contributed by atoms with Crippen molar-refractivity contribution in [2.24, 2.45) is 5.92 Å². The number of carbonyl (C=O) groups is 1. The Labute approximate surface area is 228 Å². The van der Waals surface area contributed by atoms with E-state index in [-0.39, 0.29) is 5.91 Å². The van der Waals surface area contributed by atoms with Gasteiger partial charge in [-0.1, -0.05) is 49.6 Å². The molecule has 38 heavy (non-hydrogen) atoms. The lowest BCUT2D eigenvalue weighted by Crippen LogP contribution is -2.38. The number of likely N-dealkylation sites (tertiary alicyclic amines) is 1. The number of para-hydroxylation sites is 1. The topological polar surface area (TPSA) is 45.5 Å². The Bertz CT molecular complexity index is 1180. The van der Waals surface area contributed by atoms with E-state index in [1.54, 1.807) is 0 Å². The molecule has 3 aromatic rings. The first-order chi connectivity index (χ1) is 18.7. The lowest BCUT2D eigenvalue weighted by molar-refractivity contribution is 0.0919. The summed E-state index contributed by atoms with van der Waals surface area (Å²) in [7, 11) is 0. The van der Waals surface area contributed by atoms with Crippen LogP contribution in [0.3, 0.4) is 0 Å². The normalized spacial score (nSPS) is 24.0. The molecule has 0 spiro atoms. The van der Waals surface area contributed by atoms with E-state index in [1.165, 1.54) is 100 Å². The zero-order valence-corrected chi connectivity index (χ0v) is 22.9. The molecule has 3 aliphatic rings. The summed E-state index contributed by atoms with van der Waals surface area (Å²) in [5, 5.41) is 4.63. The van der Waals surface area contributed by atoms with Crippen molar-refractivity contribution in [1.82, 2.24) is 10.2 Å². The van der Waals surface area contributed by atoms with E-state index >= 15 is 0 Å². The van der Waals surface area contributed by atoms with Gasteiger partial charge in [0.2, 0.25) is 0 Å². The summed E-state index contributed by atoms with van der Waals surface area (Å²) in [5.41, 5.74) is 4.66. The Morgan fingerprint density at radius 2 is 1.55 bits per heavy atom. The van der Waals surface area contributed by atoms with Gasteiger partial charge in [0.15, 0.2) is 0 Å². The molecule has 4 nitrogen and oxygen atoms in total. The molecule has 6 rings (SSSR count). The number of fused-ring (bicyclic) bond motifs is 1. The third-order valence-electron chi connectivity index (χ3n) is 9.82. The van der Waals surface area contributed by atoms with Gasteiger partial charge in [-0.15, -0.1) is 0 Å². The fraction of sp³-hybridized carbons (Fsp3) is 0.559. The maximum Gasteiger partial charge on any atom is 0.251 e. The average Bonchev–Trinajstić information content (AvgIpc) is 3.42. The molecule has 1 amide bonds. The SMILES string of the molecule is O=C(NC1CCC(CCN2CCC(c3coc4ccccc34)CC2)CC1)c1ccc(C2CCCCC2)cc1. The molecule has 0 bridgehead atoms. The fourth-order valence-corrected chi connectivity index (χ4v) is 7.35. The number of benzene rings is 2. The van der Waals surface area contributed by atoms with Gasteiger partial charge in [-0.3, -0.25) is 4.79 Å². The van der Waals surface area contributed by atoms with Crippen molar-refractivity contribution in [2.75, 3.05) is 19.6 Å². The van der Waals surface area contributed by atoms with E-state index in [9.17, 15) is 4.79 Å². The van der Waals surface area contributed by atoms with Crippen LogP contribution in [-0.4, -0.2) is 36.5 Å². The van der Waals surface area contributed by atoms with Crippen LogP contribution >= 0.6 is 0 Å². The second-order valence-corrected chi connectivity index (χ2v) is 12.2. The van der Waals surface area contributed by atoms with Crippen molar-refractivity contribution < 1.29 is 9.21 Å². The van der Waals surface area contributed by atoms with E-state index in [2.05, 4.69) is 46.6 Å². The Kier molecular flexibility index (Phi) is 8.16. The van der Waals surface area contributed by atoms with Crippen molar-refractivity contribution >= 4 is 16.9 Å². The highest BCUT2D eigenvalue weighted by Gasteiger charge is 2.26. The van der Waals surface area contributed by atoms with E-state index in [1.807, 2.05) is 18.4 Å². The van der Waals surface area contributed by atoms with Crippen molar-refractivity contribution in [3.05, 3.63) is 71.5 Å². The van der Waals surface area contributed by atoms with E-state index < -0.39 is 0 Å². The minimum Gasteiger partial charge on any atom is -0.464 e. The van der Waals surface area contributed by atoms with Crippen LogP contribution in [0.5, 0.6) is 0 Å². The Hall–Kier alpha value is -2.59. The highest BCUT2D eigenvalue weighted by Crippen LogP contribution is 2.35. The van der Waals surface area contributed by atoms with Gasteiger partial charge in [-0.2, -0.15) is 0 Å². The largest absolute Gasteiger partial charge is 0.464 e. The molecule has 1 saturated heterocycles. The maximum atomic E-state index is 12.9. The number of carbonyl (C=O) groups excluding carboxylic acids is 1. The van der Waals surface area contributed by atoms with Crippen LogP contribution < -0.4 is 5.32 Å². The molecule has 1 N–H and O–H groups in total. The summed E-state index contributed by atoms with van der Waals surface area (Å²) < 4.78 is 5.80. The van der Waals surface area contributed by atoms with Crippen LogP contribution in [0.25, 0.3) is 11.0 Å². The Morgan fingerprint density at radius 1 is 0.816 bits per heavy atom. The molecule has 1 aliphatic heterocycles. The number of hydrogen-bond donors (Lipinski definition) is 1. The van der Waals surface area contributed by atoms with Crippen LogP contribution in [0.2, 0.25) is 0 Å². The summed E-state index contributed by atoms with van der Waals surface area (Å²) in [6.45, 7) is 3.60. The summed E-state index contributed by atoms with van der Waals surface area (Å²) in [4.78, 5) is 15.5. The monoisotopic (exact) mass is 512 g/mol. The molecule has 2 heterocycles. The van der Waals surface area contributed by atoms with Crippen molar-refractivity contribution in [2.45, 2.75) is 94.9 Å². The summed E-state index contributed by atoms with van der Waals surface area (Å²) in [6, 6.07) is 17.3. The second kappa shape index (κ2) is 12.1. The van der Waals surface area contributed by atoms with Crippen LogP contribution in [0, 0.1) is 5.92 Å². The predicted molar refractivity (Wildman–Crippen MR) is 155 cm³/mol. The highest BCUT2D eigenvalue weighted by molar-refractivity contribution is 5.94. The molecule has 2 aromatic carbocycles. The molecule has 2 saturated carbocycles. The van der Waals surface area contributed by atoms with Crippen LogP contribution in [0.15, 0.2) is 59.2 Å². The van der Waals surface area contributed by atoms with Crippen LogP contribution in [0.1, 0.15) is 110 Å². The summed E-state index contributed by atoms with van der Waals surface area (Å²) in [6.07, 6.45) is 17.1. The number of nitrogens with one attached hydrogen (secondary N) is 1. The first-order valence-corrected chi connectivity index (χ1v) is 15.3. The zero-order valence-electron chi connectivity index (χ0n) is 22.9. The zero-order chi connectivity index (χ0) is 25.7. The van der Waals surface area contributed by atoms with Gasteiger partial charge < -0.3 is 14.6 Å². The van der Waals surface area contributed by atoms with Crippen LogP contribution in [0.4, 0.5) is 0 Å². The van der Waals surface area contributed by atoms with Gasteiger partial charge >= 0.3 is 0 Å². The smallest absolute Gasteiger partial charge is 0.251 e. The number of nitrogens with zero attached hydrogens (tertiary/aromatic N) is 1. The number of amides is 1. The quantitative estimate of drug-likeness (QED) is 0.348. The minimum absolute atomic E-state index is 0.108. The van der Waals surface area contributed by atoms with Crippen molar-refractivity contribution in [3.8, 4) is 0 Å². The van der Waals surface area contributed by atoms with Gasteiger partial charge in [0.1, 0.15) is 5.58 Å². The third-order valence-corrected chi connectivity index (χ3v) is 9.82. The molecule has 1 aromatic heterocycles. The summed E-state index contributed by atoms with van der Waals surface area (Å²) in [5.74, 6) is 2.22. The number of rotatable bonds is 7. The van der Waals surface area contributed by atoms with Gasteiger partial charge in [0, 0.05) is 22.6 Å². The Morgan fingerprint density at radius 3 is 2.32 bits per heavy atom. The number of furan rings is 1. The molecule has 0 unspecified atom stereocenters. The van der Waals surface area contributed by atoms with E-state index in [0.717, 1.165) is 29.9 Å². The van der Waals surface area contributed by atoms with Gasteiger partial charge in [-0.05, 0) is 119 Å². The van der Waals surface area contributed by atoms with Crippen LogP contribution in [-0.2, 0) is 0 Å². The average molecular weight is 513 g/mol. The molecule has 202 valence electrons. The predicted octanol–water partition coefficient (Wildman–Crippen LogP) is 8.04. The van der Waals surface area contributed by atoms with Gasteiger partial charge in [-0.25, -0.2) is 0 Å². The first-order valence-electron chi connectivity index (χ1n) is 15.3. The second-order valence-electron chi connectivity index (χ2n) is 12.2. The van der Waals surface area contributed by atoms with Crippen molar-refractivity contribution in [1.29, 1.82) is 0 Å².